The van der Waals surface area contributed by atoms with Crippen LogP contribution >= 0.6 is 0 Å². The molecule has 120 valence electrons. The van der Waals surface area contributed by atoms with E-state index in [1.807, 2.05) is 0 Å². The molecule has 0 spiro atoms. The third kappa shape index (κ3) is 4.48. The molecule has 1 atom stereocenters. The molecular formula is C17H24N2O3. The number of carboxylic acid groups (broad SMARTS) is 1. The summed E-state index contributed by atoms with van der Waals surface area (Å²) in [5.74, 6) is -1.24. The van der Waals surface area contributed by atoms with Crippen molar-refractivity contribution in [2.24, 2.45) is 5.92 Å². The molecule has 1 aromatic carbocycles. The molecule has 1 aliphatic heterocycles. The van der Waals surface area contributed by atoms with Gasteiger partial charge in [-0.2, -0.15) is 0 Å². The fraction of sp³-hybridized carbons (Fsp3) is 0.529. The van der Waals surface area contributed by atoms with Gasteiger partial charge >= 0.3 is 12.0 Å². The Labute approximate surface area is 131 Å². The number of aryl methyl sites for hydroxylation is 2. The molecule has 1 heterocycles. The Morgan fingerprint density at radius 2 is 1.95 bits per heavy atom. The lowest BCUT2D eigenvalue weighted by Gasteiger charge is -2.30. The van der Waals surface area contributed by atoms with Crippen LogP contribution in [0, 0.1) is 19.8 Å². The predicted molar refractivity (Wildman–Crippen MR) is 85.0 cm³/mol. The van der Waals surface area contributed by atoms with Gasteiger partial charge in [0.25, 0.3) is 0 Å². The molecule has 2 rings (SSSR count). The van der Waals surface area contributed by atoms with E-state index in [1.54, 1.807) is 4.90 Å². The maximum atomic E-state index is 12.1. The summed E-state index contributed by atoms with van der Waals surface area (Å²) in [4.78, 5) is 24.8. The quantitative estimate of drug-likeness (QED) is 0.897. The molecule has 5 nitrogen and oxygen atoms in total. The van der Waals surface area contributed by atoms with E-state index in [4.69, 9.17) is 5.11 Å². The van der Waals surface area contributed by atoms with Crippen molar-refractivity contribution in [3.05, 3.63) is 34.9 Å². The molecule has 0 saturated carbocycles. The van der Waals surface area contributed by atoms with Crippen molar-refractivity contribution in [1.82, 2.24) is 10.2 Å². The molecule has 0 bridgehead atoms. The first-order valence-corrected chi connectivity index (χ1v) is 7.78. The normalized spacial score (nSPS) is 18.1. The molecule has 0 radical (unpaired) electrons. The van der Waals surface area contributed by atoms with Crippen molar-refractivity contribution in [2.45, 2.75) is 33.1 Å². The molecule has 1 unspecified atom stereocenters. The smallest absolute Gasteiger partial charge is 0.317 e. The monoisotopic (exact) mass is 304 g/mol. The third-order valence-electron chi connectivity index (χ3n) is 4.03. The summed E-state index contributed by atoms with van der Waals surface area (Å²) in [6.45, 7) is 5.64. The molecule has 0 aliphatic carbocycles. The number of carboxylic acids is 1. The van der Waals surface area contributed by atoms with Gasteiger partial charge in [0.05, 0.1) is 5.92 Å². The molecular weight excluding hydrogens is 280 g/mol. The van der Waals surface area contributed by atoms with E-state index in [0.717, 1.165) is 12.8 Å². The minimum atomic E-state index is -0.812. The highest BCUT2D eigenvalue weighted by molar-refractivity contribution is 5.76. The maximum absolute atomic E-state index is 12.1. The Balaban J connectivity index is 1.81. The van der Waals surface area contributed by atoms with Gasteiger partial charge in [0.15, 0.2) is 0 Å². The van der Waals surface area contributed by atoms with E-state index in [0.29, 0.717) is 26.1 Å². The van der Waals surface area contributed by atoms with Crippen LogP contribution in [0.15, 0.2) is 18.2 Å². The van der Waals surface area contributed by atoms with Crippen LogP contribution in [0.4, 0.5) is 4.79 Å². The fourth-order valence-corrected chi connectivity index (χ4v) is 3.00. The van der Waals surface area contributed by atoms with Crippen molar-refractivity contribution >= 4 is 12.0 Å². The molecule has 2 N–H and O–H groups in total. The molecule has 1 aromatic rings. The van der Waals surface area contributed by atoms with Gasteiger partial charge in [-0.05, 0) is 38.7 Å². The Morgan fingerprint density at radius 3 is 2.59 bits per heavy atom. The van der Waals surface area contributed by atoms with Crippen molar-refractivity contribution < 1.29 is 14.7 Å². The van der Waals surface area contributed by atoms with Crippen LogP contribution in [0.1, 0.15) is 29.5 Å². The van der Waals surface area contributed by atoms with Crippen LogP contribution in [0.25, 0.3) is 0 Å². The first-order valence-electron chi connectivity index (χ1n) is 7.78. The van der Waals surface area contributed by atoms with Crippen molar-refractivity contribution in [1.29, 1.82) is 0 Å². The van der Waals surface area contributed by atoms with Gasteiger partial charge in [0, 0.05) is 19.6 Å². The standard InChI is InChI=1S/C17H24N2O3/c1-12-8-13(2)10-14(9-12)5-6-18-17(22)19-7-3-4-15(11-19)16(20)21/h8-10,15H,3-7,11H2,1-2H3,(H,18,22)(H,20,21). The van der Waals surface area contributed by atoms with Gasteiger partial charge < -0.3 is 15.3 Å². The summed E-state index contributed by atoms with van der Waals surface area (Å²) in [7, 11) is 0. The van der Waals surface area contributed by atoms with Crippen molar-refractivity contribution in [3.63, 3.8) is 0 Å². The van der Waals surface area contributed by atoms with E-state index >= 15 is 0 Å². The number of likely N-dealkylation sites (tertiary alicyclic amines) is 1. The molecule has 1 saturated heterocycles. The Morgan fingerprint density at radius 1 is 1.27 bits per heavy atom. The van der Waals surface area contributed by atoms with E-state index in [1.165, 1.54) is 16.7 Å². The number of amides is 2. The number of hydrogen-bond donors (Lipinski definition) is 2. The van der Waals surface area contributed by atoms with Gasteiger partial charge in [0.1, 0.15) is 0 Å². The first kappa shape index (κ1) is 16.3. The number of piperidine rings is 1. The Hall–Kier alpha value is -2.04. The van der Waals surface area contributed by atoms with E-state index in [9.17, 15) is 9.59 Å². The van der Waals surface area contributed by atoms with E-state index in [-0.39, 0.29) is 6.03 Å². The zero-order valence-electron chi connectivity index (χ0n) is 13.3. The average Bonchev–Trinajstić information content (AvgIpc) is 2.46. The maximum Gasteiger partial charge on any atom is 0.317 e. The van der Waals surface area contributed by atoms with Gasteiger partial charge in [-0.3, -0.25) is 4.79 Å². The number of rotatable bonds is 4. The van der Waals surface area contributed by atoms with Crippen LogP contribution in [-0.4, -0.2) is 41.6 Å². The molecule has 0 aromatic heterocycles. The highest BCUT2D eigenvalue weighted by Gasteiger charge is 2.27. The second-order valence-electron chi connectivity index (χ2n) is 6.10. The Bertz CT molecular complexity index is 537. The topological polar surface area (TPSA) is 69.6 Å². The summed E-state index contributed by atoms with van der Waals surface area (Å²) >= 11 is 0. The van der Waals surface area contributed by atoms with Crippen LogP contribution in [0.2, 0.25) is 0 Å². The van der Waals surface area contributed by atoms with Gasteiger partial charge in [-0.25, -0.2) is 4.79 Å². The van der Waals surface area contributed by atoms with Crippen molar-refractivity contribution in [2.75, 3.05) is 19.6 Å². The number of urea groups is 1. The second kappa shape index (κ2) is 7.29. The number of carbonyl (C=O) groups excluding carboxylic acids is 1. The summed E-state index contributed by atoms with van der Waals surface area (Å²) in [6.07, 6.45) is 2.19. The number of hydrogen-bond acceptors (Lipinski definition) is 2. The zero-order valence-corrected chi connectivity index (χ0v) is 13.3. The number of nitrogens with one attached hydrogen (secondary N) is 1. The molecule has 5 heteroatoms. The number of nitrogens with zero attached hydrogens (tertiary/aromatic N) is 1. The first-order chi connectivity index (χ1) is 10.5. The lowest BCUT2D eigenvalue weighted by Crippen LogP contribution is -2.47. The van der Waals surface area contributed by atoms with Crippen LogP contribution in [0.5, 0.6) is 0 Å². The summed E-state index contributed by atoms with van der Waals surface area (Å²) in [5.41, 5.74) is 3.66. The number of carbonyl (C=O) groups is 2. The summed E-state index contributed by atoms with van der Waals surface area (Å²) in [6, 6.07) is 6.22. The van der Waals surface area contributed by atoms with Crippen LogP contribution < -0.4 is 5.32 Å². The zero-order chi connectivity index (χ0) is 16.1. The van der Waals surface area contributed by atoms with Crippen LogP contribution in [0.3, 0.4) is 0 Å². The molecule has 1 fully saturated rings. The van der Waals surface area contributed by atoms with E-state index < -0.39 is 11.9 Å². The van der Waals surface area contributed by atoms with Gasteiger partial charge in [-0.1, -0.05) is 29.3 Å². The fourth-order valence-electron chi connectivity index (χ4n) is 3.00. The molecule has 22 heavy (non-hydrogen) atoms. The highest BCUT2D eigenvalue weighted by Crippen LogP contribution is 2.16. The molecule has 1 aliphatic rings. The van der Waals surface area contributed by atoms with Gasteiger partial charge in [0.2, 0.25) is 0 Å². The van der Waals surface area contributed by atoms with Gasteiger partial charge in [-0.15, -0.1) is 0 Å². The largest absolute Gasteiger partial charge is 0.481 e. The minimum absolute atomic E-state index is 0.157. The lowest BCUT2D eigenvalue weighted by atomic mass is 9.99. The van der Waals surface area contributed by atoms with E-state index in [2.05, 4.69) is 37.4 Å². The SMILES string of the molecule is Cc1cc(C)cc(CCNC(=O)N2CCCC(C(=O)O)C2)c1. The lowest BCUT2D eigenvalue weighted by molar-refractivity contribution is -0.143. The summed E-state index contributed by atoms with van der Waals surface area (Å²) in [5, 5.41) is 11.9. The second-order valence-corrected chi connectivity index (χ2v) is 6.10. The number of aliphatic carboxylic acids is 1. The van der Waals surface area contributed by atoms with Crippen LogP contribution in [-0.2, 0) is 11.2 Å². The number of benzene rings is 1. The molecule has 2 amide bonds. The Kier molecular flexibility index (Phi) is 5.41. The van der Waals surface area contributed by atoms with Crippen molar-refractivity contribution in [3.8, 4) is 0 Å². The third-order valence-corrected chi connectivity index (χ3v) is 4.03. The average molecular weight is 304 g/mol. The minimum Gasteiger partial charge on any atom is -0.481 e. The summed E-state index contributed by atoms with van der Waals surface area (Å²) < 4.78 is 0. The highest BCUT2D eigenvalue weighted by atomic mass is 16.4. The predicted octanol–water partition coefficient (Wildman–Crippen LogP) is 2.35.